The lowest BCUT2D eigenvalue weighted by molar-refractivity contribution is 0.174. The zero-order valence-electron chi connectivity index (χ0n) is 12.8. The molecule has 2 aromatic rings. The summed E-state index contributed by atoms with van der Waals surface area (Å²) in [7, 11) is 0. The van der Waals surface area contributed by atoms with Gasteiger partial charge in [0.25, 0.3) is 0 Å². The molecule has 2 aliphatic rings. The summed E-state index contributed by atoms with van der Waals surface area (Å²) in [4.78, 5) is 0. The van der Waals surface area contributed by atoms with E-state index in [0.717, 1.165) is 28.3 Å². The summed E-state index contributed by atoms with van der Waals surface area (Å²) in [6.07, 6.45) is 0.638. The molecule has 2 N–H and O–H groups in total. The van der Waals surface area contributed by atoms with Crippen molar-refractivity contribution in [1.82, 2.24) is 5.43 Å². The Morgan fingerprint density at radius 1 is 1.29 bits per heavy atom. The number of hydrazone groups is 1. The van der Waals surface area contributed by atoms with Crippen molar-refractivity contribution < 1.29 is 14.6 Å². The third-order valence-electron chi connectivity index (χ3n) is 4.28. The molecule has 24 heavy (non-hydrogen) atoms. The second kappa shape index (κ2) is 5.86. The normalized spacial score (nSPS) is 18.5. The van der Waals surface area contributed by atoms with Gasteiger partial charge in [-0.15, -0.1) is 0 Å². The Hall–Kier alpha value is -1.92. The molecule has 0 aromatic heterocycles. The van der Waals surface area contributed by atoms with Gasteiger partial charge in [-0.25, -0.2) is 0 Å². The summed E-state index contributed by atoms with van der Waals surface area (Å²) in [5.74, 6) is 1.65. The smallest absolute Gasteiger partial charge is 0.231 e. The summed E-state index contributed by atoms with van der Waals surface area (Å²) in [6, 6.07) is 7.60. The largest absolute Gasteiger partial charge is 0.506 e. The van der Waals surface area contributed by atoms with E-state index >= 15 is 0 Å². The minimum absolute atomic E-state index is 0.00718. The molecule has 0 saturated carbocycles. The molecule has 0 bridgehead atoms. The molecule has 1 unspecified atom stereocenters. The zero-order chi connectivity index (χ0) is 16.8. The lowest BCUT2D eigenvalue weighted by Crippen LogP contribution is -2.09. The van der Waals surface area contributed by atoms with E-state index in [2.05, 4.69) is 26.5 Å². The quantitative estimate of drug-likeness (QED) is 0.777. The van der Waals surface area contributed by atoms with Gasteiger partial charge < -0.3 is 20.0 Å². The van der Waals surface area contributed by atoms with Gasteiger partial charge in [0.15, 0.2) is 11.5 Å². The first-order valence-electron chi connectivity index (χ1n) is 7.44. The fourth-order valence-electron chi connectivity index (χ4n) is 2.86. The number of benzene rings is 2. The maximum atomic E-state index is 10.4. The third-order valence-corrected chi connectivity index (χ3v) is 5.65. The van der Waals surface area contributed by atoms with Crippen molar-refractivity contribution in [2.75, 3.05) is 6.79 Å². The van der Waals surface area contributed by atoms with Crippen molar-refractivity contribution in [3.05, 3.63) is 50.5 Å². The molecule has 0 fully saturated rings. The first kappa shape index (κ1) is 15.6. The molecule has 0 spiro atoms. The van der Waals surface area contributed by atoms with Gasteiger partial charge in [-0.1, -0.05) is 17.7 Å². The highest BCUT2D eigenvalue weighted by molar-refractivity contribution is 9.10. The number of nitrogens with one attached hydrogen (secondary N) is 1. The molecule has 5 nitrogen and oxygen atoms in total. The van der Waals surface area contributed by atoms with Crippen LogP contribution in [0, 0.1) is 6.92 Å². The van der Waals surface area contributed by atoms with Crippen molar-refractivity contribution in [1.29, 1.82) is 0 Å². The molecule has 0 saturated heterocycles. The number of ether oxygens (including phenoxy) is 2. The third kappa shape index (κ3) is 2.50. The Kier molecular flexibility index (Phi) is 3.81. The van der Waals surface area contributed by atoms with Crippen LogP contribution in [0.15, 0.2) is 33.8 Å². The van der Waals surface area contributed by atoms with Crippen LogP contribution >= 0.6 is 27.5 Å². The maximum absolute atomic E-state index is 10.4. The first-order chi connectivity index (χ1) is 11.5. The Labute approximate surface area is 152 Å². The highest BCUT2D eigenvalue weighted by Gasteiger charge is 2.26. The fraction of sp³-hybridized carbons (Fsp3) is 0.235. The van der Waals surface area contributed by atoms with Crippen LogP contribution in [0.5, 0.6) is 17.2 Å². The van der Waals surface area contributed by atoms with Gasteiger partial charge in [0.2, 0.25) is 6.79 Å². The minimum Gasteiger partial charge on any atom is -0.506 e. The van der Waals surface area contributed by atoms with E-state index in [1.54, 1.807) is 6.07 Å². The topological polar surface area (TPSA) is 63.1 Å². The van der Waals surface area contributed by atoms with Gasteiger partial charge in [-0.05, 0) is 52.2 Å². The van der Waals surface area contributed by atoms with Crippen molar-refractivity contribution in [3.8, 4) is 17.2 Å². The molecule has 0 amide bonds. The maximum Gasteiger partial charge on any atom is 0.231 e. The summed E-state index contributed by atoms with van der Waals surface area (Å²) < 4.78 is 11.4. The predicted molar refractivity (Wildman–Crippen MR) is 95.1 cm³/mol. The number of hydrogen-bond acceptors (Lipinski definition) is 5. The van der Waals surface area contributed by atoms with Gasteiger partial charge in [0.1, 0.15) is 5.75 Å². The van der Waals surface area contributed by atoms with E-state index in [4.69, 9.17) is 21.1 Å². The van der Waals surface area contributed by atoms with Crippen LogP contribution < -0.4 is 14.9 Å². The molecule has 2 heterocycles. The molecule has 2 aromatic carbocycles. The molecule has 4 rings (SSSR count). The van der Waals surface area contributed by atoms with Gasteiger partial charge in [-0.3, -0.25) is 0 Å². The molecule has 0 radical (unpaired) electrons. The average Bonchev–Trinajstić information content (AvgIpc) is 3.24. The molecule has 0 aliphatic carbocycles. The summed E-state index contributed by atoms with van der Waals surface area (Å²) >= 11 is 9.62. The molecule has 124 valence electrons. The van der Waals surface area contributed by atoms with Gasteiger partial charge in [0, 0.05) is 17.0 Å². The van der Waals surface area contributed by atoms with Crippen LogP contribution in [0.25, 0.3) is 0 Å². The number of fused-ring (bicyclic) bond motifs is 1. The molecular formula is C17H14BrClN2O3. The van der Waals surface area contributed by atoms with Crippen molar-refractivity contribution in [2.45, 2.75) is 19.4 Å². The van der Waals surface area contributed by atoms with Crippen molar-refractivity contribution >= 4 is 33.2 Å². The van der Waals surface area contributed by atoms with Crippen LogP contribution in [0.3, 0.4) is 0 Å². The van der Waals surface area contributed by atoms with E-state index in [1.807, 2.05) is 25.1 Å². The first-order valence-corrected chi connectivity index (χ1v) is 8.61. The standard InChI is InChI=1S/C17H14BrClN2O3/c1-8-11(19)5-10(17(22)16(8)18)13-6-12(20-21-13)9-2-3-14-15(4-9)24-7-23-14/h2-5,12,20,22H,6-7H2,1H3. The number of phenolic OH excluding ortho intramolecular Hbond substituents is 1. The van der Waals surface area contributed by atoms with E-state index < -0.39 is 0 Å². The number of rotatable bonds is 2. The SMILES string of the molecule is Cc1c(Cl)cc(C2=NNC(c3ccc4c(c3)OCO4)C2)c(O)c1Br. The molecular weight excluding hydrogens is 396 g/mol. The van der Waals surface area contributed by atoms with Crippen LogP contribution in [0.2, 0.25) is 5.02 Å². The Balaban J connectivity index is 1.61. The van der Waals surface area contributed by atoms with Crippen molar-refractivity contribution in [3.63, 3.8) is 0 Å². The van der Waals surface area contributed by atoms with E-state index in [9.17, 15) is 5.11 Å². The lowest BCUT2D eigenvalue weighted by atomic mass is 9.97. The van der Waals surface area contributed by atoms with Crippen LogP contribution in [0.1, 0.15) is 29.2 Å². The fourth-order valence-corrected chi connectivity index (χ4v) is 3.60. The number of halogens is 2. The van der Waals surface area contributed by atoms with E-state index in [-0.39, 0.29) is 18.6 Å². The Bertz CT molecular complexity index is 869. The lowest BCUT2D eigenvalue weighted by Gasteiger charge is -2.12. The molecule has 2 aliphatic heterocycles. The van der Waals surface area contributed by atoms with Gasteiger partial charge >= 0.3 is 0 Å². The minimum atomic E-state index is 0.00718. The average molecular weight is 410 g/mol. The molecule has 7 heteroatoms. The Morgan fingerprint density at radius 3 is 2.92 bits per heavy atom. The second-order valence-electron chi connectivity index (χ2n) is 5.75. The monoisotopic (exact) mass is 408 g/mol. The second-order valence-corrected chi connectivity index (χ2v) is 6.95. The van der Waals surface area contributed by atoms with E-state index in [1.165, 1.54) is 0 Å². The van der Waals surface area contributed by atoms with Crippen LogP contribution in [-0.4, -0.2) is 17.6 Å². The summed E-state index contributed by atoms with van der Waals surface area (Å²) in [5, 5.41) is 15.4. The van der Waals surface area contributed by atoms with E-state index in [0.29, 0.717) is 21.5 Å². The van der Waals surface area contributed by atoms with Crippen molar-refractivity contribution in [2.24, 2.45) is 5.10 Å². The highest BCUT2D eigenvalue weighted by Crippen LogP contribution is 2.39. The van der Waals surface area contributed by atoms with Gasteiger partial charge in [0.05, 0.1) is 16.2 Å². The summed E-state index contributed by atoms with van der Waals surface area (Å²) in [6.45, 7) is 2.10. The van der Waals surface area contributed by atoms with Crippen LogP contribution in [-0.2, 0) is 0 Å². The number of nitrogens with zero attached hydrogens (tertiary/aromatic N) is 1. The highest BCUT2D eigenvalue weighted by atomic mass is 79.9. The molecule has 1 atom stereocenters. The number of phenols is 1. The van der Waals surface area contributed by atoms with Crippen LogP contribution in [0.4, 0.5) is 0 Å². The predicted octanol–water partition coefficient (Wildman–Crippen LogP) is 4.28. The summed E-state index contributed by atoms with van der Waals surface area (Å²) in [5.41, 5.74) is 6.36. The number of hydrogen-bond donors (Lipinski definition) is 2. The Morgan fingerprint density at radius 2 is 2.08 bits per heavy atom. The number of aromatic hydroxyl groups is 1. The zero-order valence-corrected chi connectivity index (χ0v) is 15.1. The van der Waals surface area contributed by atoms with Gasteiger partial charge in [-0.2, -0.15) is 5.10 Å².